The van der Waals surface area contributed by atoms with E-state index in [0.29, 0.717) is 5.92 Å². The van der Waals surface area contributed by atoms with Gasteiger partial charge in [0.1, 0.15) is 5.69 Å². The molecule has 3 heteroatoms. The quantitative estimate of drug-likeness (QED) is 0.695. The summed E-state index contributed by atoms with van der Waals surface area (Å²) in [5, 5.41) is 1.13. The van der Waals surface area contributed by atoms with Crippen molar-refractivity contribution in [3.05, 3.63) is 71.9 Å². The number of hydrogen-bond acceptors (Lipinski definition) is 1. The molecule has 1 saturated heterocycles. The number of aryl methyl sites for hydroxylation is 1. The Kier molecular flexibility index (Phi) is 3.85. The van der Waals surface area contributed by atoms with Crippen LogP contribution in [0.2, 0.25) is 0 Å². The van der Waals surface area contributed by atoms with Crippen LogP contribution in [0.4, 0.5) is 0 Å². The van der Waals surface area contributed by atoms with Crippen LogP contribution in [-0.4, -0.2) is 28.5 Å². The zero-order chi connectivity index (χ0) is 16.5. The fourth-order valence-corrected chi connectivity index (χ4v) is 3.80. The molecule has 0 aliphatic carbocycles. The minimum atomic E-state index is 0.153. The lowest BCUT2D eigenvalue weighted by atomic mass is 9.89. The first kappa shape index (κ1) is 15.0. The maximum Gasteiger partial charge on any atom is 0.270 e. The normalized spacial score (nSPS) is 15.8. The number of fused-ring (bicyclic) bond motifs is 1. The predicted molar refractivity (Wildman–Crippen MR) is 97.2 cm³/mol. The molecule has 0 spiro atoms. The lowest BCUT2D eigenvalue weighted by Crippen LogP contribution is -2.38. The Morgan fingerprint density at radius 1 is 0.958 bits per heavy atom. The second-order valence-corrected chi connectivity index (χ2v) is 6.62. The molecule has 4 rings (SSSR count). The van der Waals surface area contributed by atoms with Gasteiger partial charge in [0.2, 0.25) is 0 Å². The molecular weight excluding hydrogens is 296 g/mol. The SMILES string of the molecule is Cn1c(C(=O)N2CCC(c3ccccc3)CC2)cc2ccccc21. The van der Waals surface area contributed by atoms with Crippen LogP contribution in [0.25, 0.3) is 10.9 Å². The Morgan fingerprint density at radius 2 is 1.62 bits per heavy atom. The Bertz CT molecular complexity index is 858. The Balaban J connectivity index is 1.51. The third kappa shape index (κ3) is 2.60. The van der Waals surface area contributed by atoms with Crippen molar-refractivity contribution in [3.63, 3.8) is 0 Å². The molecule has 1 fully saturated rings. The maximum atomic E-state index is 12.9. The van der Waals surface area contributed by atoms with Crippen molar-refractivity contribution in [2.45, 2.75) is 18.8 Å². The van der Waals surface area contributed by atoms with E-state index in [1.165, 1.54) is 5.56 Å². The van der Waals surface area contributed by atoms with Gasteiger partial charge in [-0.25, -0.2) is 0 Å². The number of carbonyl (C=O) groups excluding carboxylic acids is 1. The lowest BCUT2D eigenvalue weighted by molar-refractivity contribution is 0.0704. The van der Waals surface area contributed by atoms with Gasteiger partial charge in [-0.05, 0) is 36.5 Å². The molecule has 122 valence electrons. The molecule has 0 saturated carbocycles. The summed E-state index contributed by atoms with van der Waals surface area (Å²) >= 11 is 0. The number of aromatic nitrogens is 1. The van der Waals surface area contributed by atoms with E-state index in [9.17, 15) is 4.79 Å². The van der Waals surface area contributed by atoms with Crippen LogP contribution < -0.4 is 0 Å². The molecule has 0 radical (unpaired) electrons. The van der Waals surface area contributed by atoms with Crippen LogP contribution in [0.1, 0.15) is 34.8 Å². The Morgan fingerprint density at radius 3 is 2.33 bits per heavy atom. The molecule has 0 bridgehead atoms. The van der Waals surface area contributed by atoms with Gasteiger partial charge in [0, 0.05) is 31.0 Å². The molecule has 0 unspecified atom stereocenters. The van der Waals surface area contributed by atoms with Crippen LogP contribution in [0.5, 0.6) is 0 Å². The van der Waals surface area contributed by atoms with Crippen LogP contribution in [-0.2, 0) is 7.05 Å². The van der Waals surface area contributed by atoms with Crippen LogP contribution in [0.15, 0.2) is 60.7 Å². The third-order valence-electron chi connectivity index (χ3n) is 5.22. The van der Waals surface area contributed by atoms with E-state index in [4.69, 9.17) is 0 Å². The van der Waals surface area contributed by atoms with Gasteiger partial charge in [0.15, 0.2) is 0 Å². The number of carbonyl (C=O) groups is 1. The van der Waals surface area contributed by atoms with Crippen LogP contribution in [0.3, 0.4) is 0 Å². The van der Waals surface area contributed by atoms with Crippen LogP contribution >= 0.6 is 0 Å². The van der Waals surface area contributed by atoms with E-state index < -0.39 is 0 Å². The van der Waals surface area contributed by atoms with E-state index >= 15 is 0 Å². The molecule has 1 aliphatic rings. The lowest BCUT2D eigenvalue weighted by Gasteiger charge is -2.32. The summed E-state index contributed by atoms with van der Waals surface area (Å²) in [6.07, 6.45) is 2.08. The van der Waals surface area contributed by atoms with E-state index in [0.717, 1.165) is 42.5 Å². The fraction of sp³-hybridized carbons (Fsp3) is 0.286. The number of hydrogen-bond donors (Lipinski definition) is 0. The molecular formula is C21H22N2O. The van der Waals surface area contributed by atoms with E-state index in [1.54, 1.807) is 0 Å². The van der Waals surface area contributed by atoms with Crippen molar-refractivity contribution in [3.8, 4) is 0 Å². The van der Waals surface area contributed by atoms with Crippen LogP contribution in [0, 0.1) is 0 Å². The first-order chi connectivity index (χ1) is 11.7. The second-order valence-electron chi connectivity index (χ2n) is 6.62. The predicted octanol–water partition coefficient (Wildman–Crippen LogP) is 4.20. The molecule has 24 heavy (non-hydrogen) atoms. The Hall–Kier alpha value is -2.55. The number of likely N-dealkylation sites (tertiary alicyclic amines) is 1. The van der Waals surface area contributed by atoms with Gasteiger partial charge in [0.05, 0.1) is 0 Å². The molecule has 2 heterocycles. The number of para-hydroxylation sites is 1. The van der Waals surface area contributed by atoms with Crippen molar-refractivity contribution in [1.29, 1.82) is 0 Å². The Labute approximate surface area is 142 Å². The summed E-state index contributed by atoms with van der Waals surface area (Å²) in [7, 11) is 1.98. The van der Waals surface area contributed by atoms with Gasteiger partial charge in [-0.2, -0.15) is 0 Å². The third-order valence-corrected chi connectivity index (χ3v) is 5.22. The summed E-state index contributed by atoms with van der Waals surface area (Å²) in [5.74, 6) is 0.725. The number of benzene rings is 2. The average molecular weight is 318 g/mol. The molecule has 1 aromatic heterocycles. The average Bonchev–Trinajstić information content (AvgIpc) is 2.99. The summed E-state index contributed by atoms with van der Waals surface area (Å²) < 4.78 is 2.01. The van der Waals surface area contributed by atoms with Crippen molar-refractivity contribution >= 4 is 16.8 Å². The van der Waals surface area contributed by atoms with Crippen molar-refractivity contribution in [1.82, 2.24) is 9.47 Å². The van der Waals surface area contributed by atoms with E-state index in [2.05, 4.69) is 42.5 Å². The summed E-state index contributed by atoms with van der Waals surface area (Å²) in [5.41, 5.74) is 3.29. The standard InChI is InChI=1S/C21H22N2O/c1-22-19-10-6-5-9-18(19)15-20(22)21(24)23-13-11-17(12-14-23)16-7-3-2-4-8-16/h2-10,15,17H,11-14H2,1H3. The summed E-state index contributed by atoms with van der Waals surface area (Å²) in [4.78, 5) is 14.9. The second kappa shape index (κ2) is 6.16. The molecule has 0 N–H and O–H groups in total. The van der Waals surface area contributed by atoms with Gasteiger partial charge in [-0.1, -0.05) is 48.5 Å². The highest BCUT2D eigenvalue weighted by Crippen LogP contribution is 2.29. The van der Waals surface area contributed by atoms with E-state index in [-0.39, 0.29) is 5.91 Å². The molecule has 0 atom stereocenters. The zero-order valence-corrected chi connectivity index (χ0v) is 14.0. The fourth-order valence-electron chi connectivity index (χ4n) is 3.80. The van der Waals surface area contributed by atoms with Crippen molar-refractivity contribution < 1.29 is 4.79 Å². The highest BCUT2D eigenvalue weighted by Gasteiger charge is 2.26. The molecule has 2 aromatic carbocycles. The van der Waals surface area contributed by atoms with Crippen molar-refractivity contribution in [2.75, 3.05) is 13.1 Å². The molecule has 1 aliphatic heterocycles. The number of piperidine rings is 1. The van der Waals surface area contributed by atoms with Gasteiger partial charge in [0.25, 0.3) is 5.91 Å². The van der Waals surface area contributed by atoms with Gasteiger partial charge >= 0.3 is 0 Å². The topological polar surface area (TPSA) is 25.2 Å². The first-order valence-electron chi connectivity index (χ1n) is 8.63. The maximum absolute atomic E-state index is 12.9. The minimum absolute atomic E-state index is 0.153. The number of nitrogens with zero attached hydrogens (tertiary/aromatic N) is 2. The van der Waals surface area contributed by atoms with E-state index in [1.807, 2.05) is 34.7 Å². The van der Waals surface area contributed by atoms with Crippen molar-refractivity contribution in [2.24, 2.45) is 7.05 Å². The smallest absolute Gasteiger partial charge is 0.270 e. The van der Waals surface area contributed by atoms with Gasteiger partial charge in [-0.15, -0.1) is 0 Å². The monoisotopic (exact) mass is 318 g/mol. The minimum Gasteiger partial charge on any atom is -0.340 e. The van der Waals surface area contributed by atoms with Gasteiger partial charge < -0.3 is 9.47 Å². The molecule has 3 nitrogen and oxygen atoms in total. The molecule has 1 amide bonds. The van der Waals surface area contributed by atoms with Gasteiger partial charge in [-0.3, -0.25) is 4.79 Å². The highest BCUT2D eigenvalue weighted by atomic mass is 16.2. The number of rotatable bonds is 2. The molecule has 3 aromatic rings. The number of amides is 1. The zero-order valence-electron chi connectivity index (χ0n) is 14.0. The summed E-state index contributed by atoms with van der Waals surface area (Å²) in [6.45, 7) is 1.67. The largest absolute Gasteiger partial charge is 0.340 e. The first-order valence-corrected chi connectivity index (χ1v) is 8.63. The highest BCUT2D eigenvalue weighted by molar-refractivity contribution is 5.98. The summed E-state index contributed by atoms with van der Waals surface area (Å²) in [6, 6.07) is 20.8.